The lowest BCUT2D eigenvalue weighted by Gasteiger charge is -2.10. The first-order valence-electron chi connectivity index (χ1n) is 7.37. The summed E-state index contributed by atoms with van der Waals surface area (Å²) < 4.78 is 5.83. The van der Waals surface area contributed by atoms with Crippen LogP contribution < -0.4 is 10.1 Å². The molecule has 0 spiro atoms. The van der Waals surface area contributed by atoms with Crippen molar-refractivity contribution < 1.29 is 4.74 Å². The summed E-state index contributed by atoms with van der Waals surface area (Å²) in [6.07, 6.45) is 0. The van der Waals surface area contributed by atoms with Crippen molar-refractivity contribution in [1.82, 2.24) is 5.32 Å². The smallest absolute Gasteiger partial charge is 0.119 e. The van der Waals surface area contributed by atoms with Gasteiger partial charge in [-0.2, -0.15) is 0 Å². The second kappa shape index (κ2) is 8.75. The zero-order chi connectivity index (χ0) is 14.9. The van der Waals surface area contributed by atoms with Crippen LogP contribution in [0.25, 0.3) is 0 Å². The highest BCUT2D eigenvalue weighted by Gasteiger charge is 1.99. The quantitative estimate of drug-likeness (QED) is 0.578. The van der Waals surface area contributed by atoms with Crippen molar-refractivity contribution in [3.63, 3.8) is 0 Å². The van der Waals surface area contributed by atoms with Crippen LogP contribution in [-0.4, -0.2) is 18.4 Å². The van der Waals surface area contributed by atoms with Crippen molar-refractivity contribution in [3.05, 3.63) is 60.2 Å². The molecule has 0 heterocycles. The van der Waals surface area contributed by atoms with Crippen LogP contribution in [-0.2, 0) is 6.54 Å². The standard InChI is InChI=1S/C18H23NOS/c1-15(2)19-14-16-7-6-8-17(13-16)20-11-12-21-18-9-4-3-5-10-18/h3-10,13,15,19H,11-12,14H2,1-2H3. The lowest BCUT2D eigenvalue weighted by molar-refractivity contribution is 0.343. The Morgan fingerprint density at radius 3 is 2.62 bits per heavy atom. The Morgan fingerprint density at radius 1 is 1.05 bits per heavy atom. The van der Waals surface area contributed by atoms with E-state index in [1.54, 1.807) is 0 Å². The molecule has 0 fully saturated rings. The summed E-state index contributed by atoms with van der Waals surface area (Å²) in [5, 5.41) is 3.42. The van der Waals surface area contributed by atoms with Crippen LogP contribution in [0.5, 0.6) is 5.75 Å². The number of hydrogen-bond acceptors (Lipinski definition) is 3. The fourth-order valence-electron chi connectivity index (χ4n) is 1.90. The van der Waals surface area contributed by atoms with Crippen molar-refractivity contribution in [2.45, 2.75) is 31.3 Å². The van der Waals surface area contributed by atoms with Gasteiger partial charge in [-0.05, 0) is 29.8 Å². The fourth-order valence-corrected chi connectivity index (χ4v) is 2.65. The summed E-state index contributed by atoms with van der Waals surface area (Å²) in [7, 11) is 0. The van der Waals surface area contributed by atoms with Gasteiger partial charge >= 0.3 is 0 Å². The molecule has 3 heteroatoms. The molecule has 0 saturated heterocycles. The molecule has 0 aliphatic heterocycles. The summed E-state index contributed by atoms with van der Waals surface area (Å²) in [6.45, 7) is 5.91. The number of nitrogens with one attached hydrogen (secondary N) is 1. The Balaban J connectivity index is 1.74. The van der Waals surface area contributed by atoms with Gasteiger partial charge < -0.3 is 10.1 Å². The molecule has 2 aromatic carbocycles. The van der Waals surface area contributed by atoms with E-state index < -0.39 is 0 Å². The minimum Gasteiger partial charge on any atom is -0.493 e. The number of benzene rings is 2. The second-order valence-electron chi connectivity index (χ2n) is 5.19. The third-order valence-electron chi connectivity index (χ3n) is 2.98. The normalized spacial score (nSPS) is 10.8. The molecule has 0 aromatic heterocycles. The van der Waals surface area contributed by atoms with E-state index in [9.17, 15) is 0 Å². The Kier molecular flexibility index (Phi) is 6.64. The van der Waals surface area contributed by atoms with Crippen molar-refractivity contribution in [2.75, 3.05) is 12.4 Å². The molecular weight excluding hydrogens is 278 g/mol. The first-order valence-corrected chi connectivity index (χ1v) is 8.35. The number of thioether (sulfide) groups is 1. The largest absolute Gasteiger partial charge is 0.493 e. The average Bonchev–Trinajstić information content (AvgIpc) is 2.51. The fraction of sp³-hybridized carbons (Fsp3) is 0.333. The first kappa shape index (κ1) is 15.9. The van der Waals surface area contributed by atoms with Crippen molar-refractivity contribution in [3.8, 4) is 5.75 Å². The average molecular weight is 301 g/mol. The van der Waals surface area contributed by atoms with Gasteiger partial charge in [0, 0.05) is 23.2 Å². The molecule has 0 radical (unpaired) electrons. The van der Waals surface area contributed by atoms with E-state index in [0.717, 1.165) is 24.7 Å². The first-order chi connectivity index (χ1) is 10.2. The number of rotatable bonds is 8. The lowest BCUT2D eigenvalue weighted by Crippen LogP contribution is -2.21. The maximum atomic E-state index is 5.83. The van der Waals surface area contributed by atoms with Gasteiger partial charge in [-0.15, -0.1) is 11.8 Å². The van der Waals surface area contributed by atoms with Gasteiger partial charge in [-0.25, -0.2) is 0 Å². The molecule has 0 bridgehead atoms. The maximum Gasteiger partial charge on any atom is 0.119 e. The highest BCUT2D eigenvalue weighted by molar-refractivity contribution is 7.99. The molecule has 2 aromatic rings. The lowest BCUT2D eigenvalue weighted by atomic mass is 10.2. The summed E-state index contributed by atoms with van der Waals surface area (Å²) in [6, 6.07) is 19.2. The van der Waals surface area contributed by atoms with Crippen molar-refractivity contribution in [2.24, 2.45) is 0 Å². The Labute approximate surface area is 131 Å². The molecule has 0 atom stereocenters. The van der Waals surface area contributed by atoms with Gasteiger partial charge in [0.2, 0.25) is 0 Å². The summed E-state index contributed by atoms with van der Waals surface area (Å²) in [5.41, 5.74) is 1.26. The minimum atomic E-state index is 0.497. The highest BCUT2D eigenvalue weighted by Crippen LogP contribution is 2.18. The summed E-state index contributed by atoms with van der Waals surface area (Å²) in [4.78, 5) is 1.29. The topological polar surface area (TPSA) is 21.3 Å². The van der Waals surface area contributed by atoms with Crippen LogP contribution in [0, 0.1) is 0 Å². The summed E-state index contributed by atoms with van der Waals surface area (Å²) in [5.74, 6) is 1.91. The van der Waals surface area contributed by atoms with Gasteiger partial charge in [-0.1, -0.05) is 44.2 Å². The van der Waals surface area contributed by atoms with Crippen LogP contribution in [0.2, 0.25) is 0 Å². The van der Waals surface area contributed by atoms with E-state index in [4.69, 9.17) is 4.74 Å². The van der Waals surface area contributed by atoms with Crippen molar-refractivity contribution >= 4 is 11.8 Å². The molecule has 21 heavy (non-hydrogen) atoms. The monoisotopic (exact) mass is 301 g/mol. The van der Waals surface area contributed by atoms with Gasteiger partial charge in [0.25, 0.3) is 0 Å². The molecule has 2 nitrogen and oxygen atoms in total. The van der Waals surface area contributed by atoms with Gasteiger partial charge in [0.05, 0.1) is 6.61 Å². The van der Waals surface area contributed by atoms with Gasteiger partial charge in [-0.3, -0.25) is 0 Å². The predicted molar refractivity (Wildman–Crippen MR) is 91.1 cm³/mol. The van der Waals surface area contributed by atoms with Gasteiger partial charge in [0.15, 0.2) is 0 Å². The van der Waals surface area contributed by atoms with Crippen LogP contribution in [0.3, 0.4) is 0 Å². The zero-order valence-corrected chi connectivity index (χ0v) is 13.5. The molecule has 0 aliphatic carbocycles. The van der Waals surface area contributed by atoms with E-state index in [1.165, 1.54) is 10.5 Å². The van der Waals surface area contributed by atoms with E-state index >= 15 is 0 Å². The van der Waals surface area contributed by atoms with E-state index in [2.05, 4.69) is 61.6 Å². The number of ether oxygens (including phenoxy) is 1. The number of hydrogen-bond donors (Lipinski definition) is 1. The van der Waals surface area contributed by atoms with Crippen LogP contribution in [0.1, 0.15) is 19.4 Å². The van der Waals surface area contributed by atoms with Crippen molar-refractivity contribution in [1.29, 1.82) is 0 Å². The molecule has 2 rings (SSSR count). The molecule has 0 amide bonds. The third-order valence-corrected chi connectivity index (χ3v) is 3.95. The van der Waals surface area contributed by atoms with Gasteiger partial charge in [0.1, 0.15) is 5.75 Å². The summed E-state index contributed by atoms with van der Waals surface area (Å²) >= 11 is 1.82. The van der Waals surface area contributed by atoms with E-state index in [0.29, 0.717) is 6.04 Å². The molecule has 1 N–H and O–H groups in total. The maximum absolute atomic E-state index is 5.83. The van der Waals surface area contributed by atoms with E-state index in [-0.39, 0.29) is 0 Å². The zero-order valence-electron chi connectivity index (χ0n) is 12.7. The SMILES string of the molecule is CC(C)NCc1cccc(OCCSc2ccccc2)c1. The minimum absolute atomic E-state index is 0.497. The molecular formula is C18H23NOS. The Bertz CT molecular complexity index is 528. The molecule has 0 unspecified atom stereocenters. The Morgan fingerprint density at radius 2 is 1.86 bits per heavy atom. The van der Waals surface area contributed by atoms with Crippen LogP contribution >= 0.6 is 11.8 Å². The third kappa shape index (κ3) is 6.23. The second-order valence-corrected chi connectivity index (χ2v) is 6.36. The molecule has 0 saturated carbocycles. The van der Waals surface area contributed by atoms with Crippen LogP contribution in [0.15, 0.2) is 59.5 Å². The predicted octanol–water partition coefficient (Wildman–Crippen LogP) is 4.36. The van der Waals surface area contributed by atoms with Crippen LogP contribution in [0.4, 0.5) is 0 Å². The van der Waals surface area contributed by atoms with E-state index in [1.807, 2.05) is 23.9 Å². The Hall–Kier alpha value is -1.45. The molecule has 112 valence electrons. The highest BCUT2D eigenvalue weighted by atomic mass is 32.2. The molecule has 0 aliphatic rings.